The van der Waals surface area contributed by atoms with Crippen molar-refractivity contribution in [2.24, 2.45) is 0 Å². The summed E-state index contributed by atoms with van der Waals surface area (Å²) in [6, 6.07) is 1.98. The Morgan fingerprint density at radius 3 is 3.15 bits per heavy atom. The van der Waals surface area contributed by atoms with Gasteiger partial charge in [-0.3, -0.25) is 0 Å². The average Bonchev–Trinajstić information content (AvgIpc) is 2.65. The number of ether oxygens (including phenoxy) is 1. The van der Waals surface area contributed by atoms with Crippen LogP contribution in [0.3, 0.4) is 0 Å². The molecule has 2 heterocycles. The van der Waals surface area contributed by atoms with Crippen LogP contribution in [0.4, 0.5) is 0 Å². The molecule has 0 amide bonds. The van der Waals surface area contributed by atoms with Crippen LogP contribution in [-0.2, 0) is 0 Å². The Morgan fingerprint density at radius 1 is 1.62 bits per heavy atom. The molecule has 0 atom stereocenters. The number of hydrogen-bond acceptors (Lipinski definition) is 3. The Morgan fingerprint density at radius 2 is 2.46 bits per heavy atom. The van der Waals surface area contributed by atoms with Gasteiger partial charge in [0.1, 0.15) is 4.83 Å². The first-order valence-electron chi connectivity index (χ1n) is 4.38. The van der Waals surface area contributed by atoms with Gasteiger partial charge in [0, 0.05) is 11.4 Å². The number of rotatable bonds is 3. The predicted octanol–water partition coefficient (Wildman–Crippen LogP) is 2.49. The van der Waals surface area contributed by atoms with Crippen molar-refractivity contribution < 1.29 is 4.74 Å². The first-order valence-corrected chi connectivity index (χ1v) is 5.26. The molecule has 0 aromatic carbocycles. The number of thiazole rings is 1. The van der Waals surface area contributed by atoms with Crippen molar-refractivity contribution >= 4 is 16.2 Å². The van der Waals surface area contributed by atoms with Gasteiger partial charge in [-0.1, -0.05) is 6.92 Å². The van der Waals surface area contributed by atoms with Crippen LogP contribution in [-0.4, -0.2) is 16.2 Å². The predicted molar refractivity (Wildman–Crippen MR) is 53.6 cm³/mol. The van der Waals surface area contributed by atoms with E-state index in [1.165, 1.54) is 0 Å². The van der Waals surface area contributed by atoms with E-state index in [1.807, 2.05) is 17.5 Å². The Kier molecular flexibility index (Phi) is 2.22. The van der Waals surface area contributed by atoms with E-state index in [2.05, 4.69) is 17.4 Å². The largest absolute Gasteiger partial charge is 0.477 e. The van der Waals surface area contributed by atoms with Gasteiger partial charge in [-0.05, 0) is 13.3 Å². The van der Waals surface area contributed by atoms with Crippen LogP contribution in [0.2, 0.25) is 0 Å². The highest BCUT2D eigenvalue weighted by molar-refractivity contribution is 7.15. The molecule has 0 spiro atoms. The fourth-order valence-electron chi connectivity index (χ4n) is 1.15. The SMILES string of the molecule is CCCOc1cc2scc(C)n2n1. The monoisotopic (exact) mass is 196 g/mol. The lowest BCUT2D eigenvalue weighted by molar-refractivity contribution is 0.303. The molecule has 3 nitrogen and oxygen atoms in total. The van der Waals surface area contributed by atoms with Crippen LogP contribution >= 0.6 is 11.3 Å². The lowest BCUT2D eigenvalue weighted by Gasteiger charge is -1.97. The van der Waals surface area contributed by atoms with E-state index in [1.54, 1.807) is 11.3 Å². The van der Waals surface area contributed by atoms with Crippen molar-refractivity contribution in [1.82, 2.24) is 9.61 Å². The Hall–Kier alpha value is -1.03. The minimum atomic E-state index is 0.733. The van der Waals surface area contributed by atoms with Crippen LogP contribution < -0.4 is 4.74 Å². The van der Waals surface area contributed by atoms with Gasteiger partial charge in [0.25, 0.3) is 0 Å². The van der Waals surface area contributed by atoms with Crippen molar-refractivity contribution in [2.75, 3.05) is 6.61 Å². The molecule has 0 N–H and O–H groups in total. The molecule has 0 saturated heterocycles. The van der Waals surface area contributed by atoms with Crippen LogP contribution in [0.15, 0.2) is 11.4 Å². The molecule has 4 heteroatoms. The minimum absolute atomic E-state index is 0.733. The van der Waals surface area contributed by atoms with E-state index in [0.717, 1.165) is 29.4 Å². The Balaban J connectivity index is 2.28. The van der Waals surface area contributed by atoms with Crippen LogP contribution in [0, 0.1) is 6.92 Å². The molecule has 0 unspecified atom stereocenters. The van der Waals surface area contributed by atoms with Gasteiger partial charge >= 0.3 is 0 Å². The van der Waals surface area contributed by atoms with Crippen molar-refractivity contribution in [3.05, 3.63) is 17.1 Å². The third-order valence-corrected chi connectivity index (χ3v) is 2.78. The Bertz CT molecular complexity index is 405. The summed E-state index contributed by atoms with van der Waals surface area (Å²) in [5.74, 6) is 0.733. The molecule has 2 aromatic rings. The summed E-state index contributed by atoms with van der Waals surface area (Å²) in [5.41, 5.74) is 1.16. The van der Waals surface area contributed by atoms with Gasteiger partial charge in [-0.25, -0.2) is 4.52 Å². The van der Waals surface area contributed by atoms with E-state index in [9.17, 15) is 0 Å². The summed E-state index contributed by atoms with van der Waals surface area (Å²) >= 11 is 1.69. The summed E-state index contributed by atoms with van der Waals surface area (Å²) in [6.07, 6.45) is 1.02. The topological polar surface area (TPSA) is 26.5 Å². The van der Waals surface area contributed by atoms with E-state index < -0.39 is 0 Å². The third-order valence-electron chi connectivity index (χ3n) is 1.79. The van der Waals surface area contributed by atoms with Gasteiger partial charge in [0.15, 0.2) is 0 Å². The van der Waals surface area contributed by atoms with E-state index in [-0.39, 0.29) is 0 Å². The fraction of sp³-hybridized carbons (Fsp3) is 0.444. The third kappa shape index (κ3) is 1.54. The molecule has 0 radical (unpaired) electrons. The molecule has 0 aliphatic carbocycles. The van der Waals surface area contributed by atoms with E-state index in [4.69, 9.17) is 4.74 Å². The normalized spacial score (nSPS) is 10.9. The second-order valence-corrected chi connectivity index (χ2v) is 3.85. The average molecular weight is 196 g/mol. The lowest BCUT2D eigenvalue weighted by atomic mass is 10.5. The molecule has 0 bridgehead atoms. The van der Waals surface area contributed by atoms with Crippen LogP contribution in [0.25, 0.3) is 4.83 Å². The summed E-state index contributed by atoms with van der Waals surface area (Å²) in [4.78, 5) is 1.14. The number of hydrogen-bond donors (Lipinski definition) is 0. The molecular formula is C9H12N2OS. The van der Waals surface area contributed by atoms with Crippen molar-refractivity contribution in [2.45, 2.75) is 20.3 Å². The van der Waals surface area contributed by atoms with E-state index in [0.29, 0.717) is 0 Å². The molecule has 0 aliphatic heterocycles. The van der Waals surface area contributed by atoms with Gasteiger partial charge in [0.05, 0.1) is 12.3 Å². The zero-order chi connectivity index (χ0) is 9.26. The summed E-state index contributed by atoms with van der Waals surface area (Å²) in [6.45, 7) is 4.87. The number of aryl methyl sites for hydroxylation is 1. The van der Waals surface area contributed by atoms with Crippen molar-refractivity contribution in [1.29, 1.82) is 0 Å². The molecule has 0 fully saturated rings. The molecule has 13 heavy (non-hydrogen) atoms. The van der Waals surface area contributed by atoms with Gasteiger partial charge in [-0.15, -0.1) is 16.4 Å². The standard InChI is InChI=1S/C9H12N2OS/c1-3-4-12-8-5-9-11(10-8)7(2)6-13-9/h5-6H,3-4H2,1-2H3. The number of aromatic nitrogens is 2. The fourth-order valence-corrected chi connectivity index (χ4v) is 2.00. The second-order valence-electron chi connectivity index (χ2n) is 2.96. The molecule has 2 rings (SSSR count). The van der Waals surface area contributed by atoms with Crippen molar-refractivity contribution in [3.8, 4) is 5.88 Å². The molecule has 70 valence electrons. The molecule has 2 aromatic heterocycles. The minimum Gasteiger partial charge on any atom is -0.477 e. The van der Waals surface area contributed by atoms with Gasteiger partial charge in [-0.2, -0.15) is 0 Å². The molecular weight excluding hydrogens is 184 g/mol. The smallest absolute Gasteiger partial charge is 0.234 e. The van der Waals surface area contributed by atoms with Gasteiger partial charge < -0.3 is 4.74 Å². The maximum Gasteiger partial charge on any atom is 0.234 e. The Labute approximate surface area is 81.0 Å². The highest BCUT2D eigenvalue weighted by Gasteiger charge is 2.05. The van der Waals surface area contributed by atoms with Crippen LogP contribution in [0.5, 0.6) is 5.88 Å². The number of nitrogens with zero attached hydrogens (tertiary/aromatic N) is 2. The van der Waals surface area contributed by atoms with Gasteiger partial charge in [0.2, 0.25) is 5.88 Å². The number of fused-ring (bicyclic) bond motifs is 1. The lowest BCUT2D eigenvalue weighted by Crippen LogP contribution is -1.96. The summed E-state index contributed by atoms with van der Waals surface area (Å²) in [5, 5.41) is 6.40. The zero-order valence-corrected chi connectivity index (χ0v) is 8.60. The zero-order valence-electron chi connectivity index (χ0n) is 7.78. The maximum atomic E-state index is 5.43. The van der Waals surface area contributed by atoms with Crippen LogP contribution in [0.1, 0.15) is 19.0 Å². The summed E-state index contributed by atoms with van der Waals surface area (Å²) in [7, 11) is 0. The first kappa shape index (κ1) is 8.56. The highest BCUT2D eigenvalue weighted by Crippen LogP contribution is 2.20. The van der Waals surface area contributed by atoms with Crippen molar-refractivity contribution in [3.63, 3.8) is 0 Å². The molecule has 0 aliphatic rings. The second kappa shape index (κ2) is 3.38. The quantitative estimate of drug-likeness (QED) is 0.754. The van der Waals surface area contributed by atoms with E-state index >= 15 is 0 Å². The highest BCUT2D eigenvalue weighted by atomic mass is 32.1. The maximum absolute atomic E-state index is 5.43. The summed E-state index contributed by atoms with van der Waals surface area (Å²) < 4.78 is 7.34. The first-order chi connectivity index (χ1) is 6.31. The molecule has 0 saturated carbocycles.